The molecule has 0 saturated carbocycles. The highest BCUT2D eigenvalue weighted by Gasteiger charge is 2.17. The van der Waals surface area contributed by atoms with Crippen LogP contribution >= 0.6 is 0 Å². The third-order valence-corrected chi connectivity index (χ3v) is 5.83. The van der Waals surface area contributed by atoms with Crippen molar-refractivity contribution < 1.29 is 9.90 Å². The first-order chi connectivity index (χ1) is 13.1. The number of rotatable bonds is 21. The molecule has 0 saturated heterocycles. The van der Waals surface area contributed by atoms with E-state index in [1.165, 1.54) is 96.3 Å². The normalized spacial score (nSPS) is 12.2. The van der Waals surface area contributed by atoms with Crippen molar-refractivity contribution in [2.45, 2.75) is 136 Å². The molecular formula is C25H48O2. The Morgan fingerprint density at radius 2 is 0.926 bits per heavy atom. The molecule has 27 heavy (non-hydrogen) atoms. The molecule has 0 aliphatic heterocycles. The van der Waals surface area contributed by atoms with Gasteiger partial charge in [0.25, 0.3) is 0 Å². The third-order valence-electron chi connectivity index (χ3n) is 5.83. The minimum Gasteiger partial charge on any atom is -0.478 e. The quantitative estimate of drug-likeness (QED) is 0.160. The van der Waals surface area contributed by atoms with E-state index in [2.05, 4.69) is 20.4 Å². The van der Waals surface area contributed by atoms with E-state index >= 15 is 0 Å². The Labute approximate surface area is 170 Å². The highest BCUT2D eigenvalue weighted by atomic mass is 16.4. The van der Waals surface area contributed by atoms with Gasteiger partial charge in [-0.2, -0.15) is 0 Å². The summed E-state index contributed by atoms with van der Waals surface area (Å²) in [6, 6.07) is 0. The van der Waals surface area contributed by atoms with Crippen LogP contribution in [0.4, 0.5) is 0 Å². The first-order valence-electron chi connectivity index (χ1n) is 12.1. The van der Waals surface area contributed by atoms with Gasteiger partial charge in [0.2, 0.25) is 0 Å². The first kappa shape index (κ1) is 26.2. The van der Waals surface area contributed by atoms with Crippen molar-refractivity contribution >= 4 is 5.97 Å². The van der Waals surface area contributed by atoms with Gasteiger partial charge in [0, 0.05) is 5.57 Å². The van der Waals surface area contributed by atoms with Crippen molar-refractivity contribution in [3.05, 3.63) is 12.2 Å². The van der Waals surface area contributed by atoms with E-state index in [0.29, 0.717) is 5.57 Å². The lowest BCUT2D eigenvalue weighted by molar-refractivity contribution is -0.133. The van der Waals surface area contributed by atoms with E-state index in [1.807, 2.05) is 0 Å². The molecule has 0 aromatic rings. The van der Waals surface area contributed by atoms with Gasteiger partial charge in [-0.15, -0.1) is 0 Å². The third kappa shape index (κ3) is 17.1. The fourth-order valence-electron chi connectivity index (χ4n) is 3.89. The average molecular weight is 381 g/mol. The summed E-state index contributed by atoms with van der Waals surface area (Å²) in [4.78, 5) is 11.3. The van der Waals surface area contributed by atoms with E-state index < -0.39 is 5.97 Å². The lowest BCUT2D eigenvalue weighted by Gasteiger charge is -2.17. The molecule has 0 fully saturated rings. The van der Waals surface area contributed by atoms with Crippen molar-refractivity contribution in [3.63, 3.8) is 0 Å². The fourth-order valence-corrected chi connectivity index (χ4v) is 3.89. The Morgan fingerprint density at radius 1 is 0.630 bits per heavy atom. The largest absolute Gasteiger partial charge is 0.478 e. The number of hydrogen-bond donors (Lipinski definition) is 1. The predicted molar refractivity (Wildman–Crippen MR) is 119 cm³/mol. The molecule has 1 unspecified atom stereocenters. The maximum atomic E-state index is 11.3. The van der Waals surface area contributed by atoms with Crippen molar-refractivity contribution in [1.82, 2.24) is 0 Å². The summed E-state index contributed by atoms with van der Waals surface area (Å²) in [5.74, 6) is -0.614. The summed E-state index contributed by atoms with van der Waals surface area (Å²) in [7, 11) is 0. The van der Waals surface area contributed by atoms with E-state index in [0.717, 1.165) is 25.7 Å². The monoisotopic (exact) mass is 380 g/mol. The molecule has 0 rings (SSSR count). The molecule has 0 amide bonds. The second-order valence-corrected chi connectivity index (χ2v) is 8.41. The molecule has 0 spiro atoms. The number of hydrogen-bond acceptors (Lipinski definition) is 1. The fraction of sp³-hybridized carbons (Fsp3) is 0.880. The van der Waals surface area contributed by atoms with E-state index in [1.54, 1.807) is 0 Å². The van der Waals surface area contributed by atoms with Gasteiger partial charge in [0.05, 0.1) is 0 Å². The Morgan fingerprint density at radius 3 is 1.26 bits per heavy atom. The number of carboxylic acid groups (broad SMARTS) is 1. The zero-order valence-corrected chi connectivity index (χ0v) is 18.6. The number of unbranched alkanes of at least 4 members (excludes halogenated alkanes) is 15. The van der Waals surface area contributed by atoms with E-state index in [4.69, 9.17) is 0 Å². The van der Waals surface area contributed by atoms with Crippen LogP contribution in [-0.2, 0) is 4.79 Å². The summed E-state index contributed by atoms with van der Waals surface area (Å²) in [6.07, 6.45) is 24.5. The Hall–Kier alpha value is -0.790. The second-order valence-electron chi connectivity index (χ2n) is 8.41. The molecule has 0 aromatic carbocycles. The molecule has 1 N–H and O–H groups in total. The molecule has 2 nitrogen and oxygen atoms in total. The second kappa shape index (κ2) is 20.0. The molecule has 160 valence electrons. The highest BCUT2D eigenvalue weighted by Crippen LogP contribution is 2.25. The minimum absolute atomic E-state index is 0.187. The first-order valence-corrected chi connectivity index (χ1v) is 12.1. The summed E-state index contributed by atoms with van der Waals surface area (Å²) in [6.45, 7) is 8.32. The minimum atomic E-state index is -0.801. The van der Waals surface area contributed by atoms with Gasteiger partial charge in [-0.3, -0.25) is 0 Å². The topological polar surface area (TPSA) is 37.3 Å². The zero-order chi connectivity index (χ0) is 20.2. The molecular weight excluding hydrogens is 332 g/mol. The van der Waals surface area contributed by atoms with Crippen LogP contribution in [-0.4, -0.2) is 11.1 Å². The highest BCUT2D eigenvalue weighted by molar-refractivity contribution is 5.86. The molecule has 2 heteroatoms. The van der Waals surface area contributed by atoms with Gasteiger partial charge in [0.15, 0.2) is 0 Å². The van der Waals surface area contributed by atoms with Crippen LogP contribution in [0.2, 0.25) is 0 Å². The number of aliphatic carboxylic acids is 1. The molecule has 0 aliphatic rings. The standard InChI is InChI=1S/C25H48O2/c1-4-6-8-10-11-12-13-14-15-16-17-18-20-22-24(23(3)25(26)27)21-19-9-7-5-2/h24H,3-22H2,1-2H3,(H,26,27). The van der Waals surface area contributed by atoms with Gasteiger partial charge in [-0.05, 0) is 18.8 Å². The molecule has 0 heterocycles. The van der Waals surface area contributed by atoms with Gasteiger partial charge in [0.1, 0.15) is 0 Å². The Balaban J connectivity index is 3.61. The van der Waals surface area contributed by atoms with E-state index in [9.17, 15) is 9.90 Å². The van der Waals surface area contributed by atoms with Crippen LogP contribution in [0, 0.1) is 5.92 Å². The van der Waals surface area contributed by atoms with Crippen molar-refractivity contribution in [3.8, 4) is 0 Å². The van der Waals surface area contributed by atoms with Crippen LogP contribution < -0.4 is 0 Å². The van der Waals surface area contributed by atoms with Crippen molar-refractivity contribution in [2.75, 3.05) is 0 Å². The number of carboxylic acids is 1. The summed E-state index contributed by atoms with van der Waals surface area (Å²) >= 11 is 0. The maximum Gasteiger partial charge on any atom is 0.331 e. The van der Waals surface area contributed by atoms with E-state index in [-0.39, 0.29) is 5.92 Å². The Bertz CT molecular complexity index is 348. The molecule has 1 atom stereocenters. The predicted octanol–water partition coefficient (Wildman–Crippen LogP) is 8.70. The average Bonchev–Trinajstić information content (AvgIpc) is 2.66. The van der Waals surface area contributed by atoms with Gasteiger partial charge >= 0.3 is 5.97 Å². The SMILES string of the molecule is C=C(C(=O)O)C(CCCCCC)CCCCCCCCCCCCCCC. The van der Waals surface area contributed by atoms with Crippen LogP contribution in [0.25, 0.3) is 0 Å². The maximum absolute atomic E-state index is 11.3. The summed E-state index contributed by atoms with van der Waals surface area (Å²) in [5.41, 5.74) is 0.436. The molecule has 0 radical (unpaired) electrons. The molecule has 0 bridgehead atoms. The summed E-state index contributed by atoms with van der Waals surface area (Å²) < 4.78 is 0. The lowest BCUT2D eigenvalue weighted by atomic mass is 9.88. The smallest absolute Gasteiger partial charge is 0.331 e. The molecule has 0 aromatic heterocycles. The molecule has 0 aliphatic carbocycles. The van der Waals surface area contributed by atoms with Crippen molar-refractivity contribution in [2.24, 2.45) is 5.92 Å². The Kier molecular flexibility index (Phi) is 19.4. The van der Waals surface area contributed by atoms with Gasteiger partial charge in [-0.25, -0.2) is 4.79 Å². The van der Waals surface area contributed by atoms with Crippen LogP contribution in [0.15, 0.2) is 12.2 Å². The van der Waals surface area contributed by atoms with Crippen LogP contribution in [0.3, 0.4) is 0 Å². The summed E-state index contributed by atoms with van der Waals surface area (Å²) in [5, 5.41) is 9.26. The van der Waals surface area contributed by atoms with Crippen LogP contribution in [0.1, 0.15) is 136 Å². The lowest BCUT2D eigenvalue weighted by Crippen LogP contribution is -2.12. The zero-order valence-electron chi connectivity index (χ0n) is 18.6. The van der Waals surface area contributed by atoms with Crippen LogP contribution in [0.5, 0.6) is 0 Å². The van der Waals surface area contributed by atoms with Gasteiger partial charge in [-0.1, -0.05) is 130 Å². The van der Waals surface area contributed by atoms with Gasteiger partial charge < -0.3 is 5.11 Å². The van der Waals surface area contributed by atoms with Crippen molar-refractivity contribution in [1.29, 1.82) is 0 Å². The number of carbonyl (C=O) groups is 1.